The minimum atomic E-state index is -4.04. The van der Waals surface area contributed by atoms with Crippen LogP contribution in [0.25, 0.3) is 0 Å². The summed E-state index contributed by atoms with van der Waals surface area (Å²) in [6, 6.07) is 2.06. The van der Waals surface area contributed by atoms with Gasteiger partial charge in [-0.2, -0.15) is 0 Å². The van der Waals surface area contributed by atoms with E-state index in [1.807, 2.05) is 0 Å². The van der Waals surface area contributed by atoms with Crippen LogP contribution in [0.1, 0.15) is 22.8 Å². The first kappa shape index (κ1) is 17.9. The van der Waals surface area contributed by atoms with Crippen molar-refractivity contribution in [2.24, 2.45) is 0 Å². The van der Waals surface area contributed by atoms with Gasteiger partial charge in [0.2, 0.25) is 0 Å². The molecule has 0 saturated heterocycles. The summed E-state index contributed by atoms with van der Waals surface area (Å²) >= 11 is 0. The van der Waals surface area contributed by atoms with Crippen molar-refractivity contribution in [1.82, 2.24) is 4.90 Å². The van der Waals surface area contributed by atoms with Crippen LogP contribution >= 0.6 is 10.7 Å². The Bertz CT molecular complexity index is 633. The number of ether oxygens (including phenoxy) is 1. The second kappa shape index (κ2) is 7.20. The first-order chi connectivity index (χ1) is 9.72. The average molecular weight is 338 g/mol. The highest BCUT2D eigenvalue weighted by Crippen LogP contribution is 2.23. The minimum absolute atomic E-state index is 0.0443. The Labute approximate surface area is 128 Å². The molecule has 118 valence electrons. The normalized spacial score (nSPS) is 11.5. The molecule has 1 amide bonds. The molecule has 0 spiro atoms. The summed E-state index contributed by atoms with van der Waals surface area (Å²) in [5.74, 6) is -1.35. The van der Waals surface area contributed by atoms with E-state index in [1.54, 1.807) is 6.92 Å². The summed E-state index contributed by atoms with van der Waals surface area (Å²) in [6.45, 7) is 4.04. The molecule has 0 aromatic heterocycles. The highest BCUT2D eigenvalue weighted by molar-refractivity contribution is 8.13. The summed E-state index contributed by atoms with van der Waals surface area (Å²) in [6.07, 6.45) is 0. The predicted molar refractivity (Wildman–Crippen MR) is 77.6 cm³/mol. The van der Waals surface area contributed by atoms with Gasteiger partial charge in [-0.1, -0.05) is 0 Å². The van der Waals surface area contributed by atoms with Crippen molar-refractivity contribution in [3.8, 4) is 0 Å². The molecular weight excluding hydrogens is 321 g/mol. The van der Waals surface area contributed by atoms with Gasteiger partial charge in [-0.25, -0.2) is 12.8 Å². The van der Waals surface area contributed by atoms with Crippen molar-refractivity contribution < 1.29 is 22.3 Å². The number of likely N-dealkylation sites (N-methyl/N-ethyl adjacent to an activating group) is 1. The number of hydrogen-bond acceptors (Lipinski definition) is 4. The fourth-order valence-corrected chi connectivity index (χ4v) is 2.65. The Morgan fingerprint density at radius 3 is 2.52 bits per heavy atom. The number of amides is 1. The number of methoxy groups -OCH3 is 1. The minimum Gasteiger partial charge on any atom is -0.383 e. The quantitative estimate of drug-likeness (QED) is 0.746. The van der Waals surface area contributed by atoms with E-state index in [4.69, 9.17) is 15.4 Å². The van der Waals surface area contributed by atoms with Crippen molar-refractivity contribution in [2.45, 2.75) is 18.7 Å². The fraction of sp³-hybridized carbons (Fsp3) is 0.462. The van der Waals surface area contributed by atoms with Gasteiger partial charge in [0, 0.05) is 30.9 Å². The maximum atomic E-state index is 14.1. The van der Waals surface area contributed by atoms with Gasteiger partial charge in [0.25, 0.3) is 15.0 Å². The maximum Gasteiger partial charge on any atom is 0.261 e. The first-order valence-electron chi connectivity index (χ1n) is 6.25. The molecule has 0 fully saturated rings. The van der Waals surface area contributed by atoms with Gasteiger partial charge in [0.15, 0.2) is 0 Å². The molecule has 0 radical (unpaired) electrons. The summed E-state index contributed by atoms with van der Waals surface area (Å²) in [7, 11) is 2.71. The number of carbonyl (C=O) groups excluding carboxylic acids is 1. The summed E-state index contributed by atoms with van der Waals surface area (Å²) in [5, 5.41) is 0. The number of nitrogens with zero attached hydrogens (tertiary/aromatic N) is 1. The van der Waals surface area contributed by atoms with E-state index in [1.165, 1.54) is 18.9 Å². The molecule has 0 aliphatic heterocycles. The van der Waals surface area contributed by atoms with E-state index in [0.29, 0.717) is 13.2 Å². The molecule has 1 aromatic rings. The van der Waals surface area contributed by atoms with E-state index >= 15 is 0 Å². The van der Waals surface area contributed by atoms with Gasteiger partial charge in [-0.15, -0.1) is 0 Å². The third kappa shape index (κ3) is 4.39. The van der Waals surface area contributed by atoms with Gasteiger partial charge in [0.1, 0.15) is 5.82 Å². The van der Waals surface area contributed by atoms with E-state index in [-0.39, 0.29) is 22.6 Å². The highest BCUT2D eigenvalue weighted by atomic mass is 35.7. The zero-order valence-electron chi connectivity index (χ0n) is 12.0. The highest BCUT2D eigenvalue weighted by Gasteiger charge is 2.23. The Hall–Kier alpha value is -1.18. The van der Waals surface area contributed by atoms with Crippen LogP contribution in [0.5, 0.6) is 0 Å². The van der Waals surface area contributed by atoms with Crippen LogP contribution in [0.15, 0.2) is 17.0 Å². The summed E-state index contributed by atoms with van der Waals surface area (Å²) in [4.78, 5) is 13.4. The second-order valence-electron chi connectivity index (χ2n) is 4.42. The van der Waals surface area contributed by atoms with Crippen LogP contribution in [0.4, 0.5) is 4.39 Å². The molecule has 0 aliphatic carbocycles. The van der Waals surface area contributed by atoms with Crippen molar-refractivity contribution in [2.75, 3.05) is 26.8 Å². The summed E-state index contributed by atoms with van der Waals surface area (Å²) < 4.78 is 41.8. The fourth-order valence-electron chi connectivity index (χ4n) is 1.81. The van der Waals surface area contributed by atoms with E-state index in [2.05, 4.69) is 0 Å². The van der Waals surface area contributed by atoms with Crippen molar-refractivity contribution >= 4 is 25.6 Å². The molecule has 0 heterocycles. The third-order valence-corrected chi connectivity index (χ3v) is 4.31. The second-order valence-corrected chi connectivity index (χ2v) is 6.98. The van der Waals surface area contributed by atoms with E-state index < -0.39 is 20.8 Å². The van der Waals surface area contributed by atoms with Crippen LogP contribution in [-0.4, -0.2) is 46.0 Å². The van der Waals surface area contributed by atoms with Gasteiger partial charge in [-0.05, 0) is 31.5 Å². The molecule has 21 heavy (non-hydrogen) atoms. The zero-order chi connectivity index (χ0) is 16.2. The van der Waals surface area contributed by atoms with Crippen LogP contribution in [0, 0.1) is 12.7 Å². The lowest BCUT2D eigenvalue weighted by Gasteiger charge is -2.21. The predicted octanol–water partition coefficient (Wildman–Crippen LogP) is 2.17. The lowest BCUT2D eigenvalue weighted by atomic mass is 10.1. The van der Waals surface area contributed by atoms with E-state index in [9.17, 15) is 17.6 Å². The SMILES string of the molecule is CCN(CCOC)C(=O)c1cc(S(=O)(=O)Cl)cc(C)c1F. The Morgan fingerprint density at radius 1 is 1.43 bits per heavy atom. The van der Waals surface area contributed by atoms with E-state index in [0.717, 1.165) is 12.1 Å². The molecule has 0 N–H and O–H groups in total. The smallest absolute Gasteiger partial charge is 0.261 e. The zero-order valence-corrected chi connectivity index (χ0v) is 13.6. The molecule has 1 rings (SSSR count). The summed E-state index contributed by atoms with van der Waals surface area (Å²) in [5.41, 5.74) is -0.268. The van der Waals surface area contributed by atoms with Crippen LogP contribution in [0.2, 0.25) is 0 Å². The number of aryl methyl sites for hydroxylation is 1. The molecule has 8 heteroatoms. The van der Waals surface area contributed by atoms with Gasteiger partial charge >= 0.3 is 0 Å². The number of rotatable bonds is 6. The number of hydrogen-bond donors (Lipinski definition) is 0. The number of carbonyl (C=O) groups is 1. The molecule has 0 saturated carbocycles. The van der Waals surface area contributed by atoms with Crippen molar-refractivity contribution in [1.29, 1.82) is 0 Å². The lowest BCUT2D eigenvalue weighted by molar-refractivity contribution is 0.0701. The molecule has 0 atom stereocenters. The van der Waals surface area contributed by atoms with Crippen LogP contribution in [0.3, 0.4) is 0 Å². The third-order valence-electron chi connectivity index (χ3n) is 2.97. The molecule has 0 unspecified atom stereocenters. The Morgan fingerprint density at radius 2 is 2.05 bits per heavy atom. The largest absolute Gasteiger partial charge is 0.383 e. The van der Waals surface area contributed by atoms with Gasteiger partial charge in [-0.3, -0.25) is 4.79 Å². The first-order valence-corrected chi connectivity index (χ1v) is 8.56. The Kier molecular flexibility index (Phi) is 6.12. The molecule has 0 aliphatic rings. The maximum absolute atomic E-state index is 14.1. The topological polar surface area (TPSA) is 63.7 Å². The standard InChI is InChI=1S/C13H17ClFNO4S/c1-4-16(5-6-20-3)13(17)11-8-10(21(14,18)19)7-9(2)12(11)15/h7-8H,4-6H2,1-3H3. The molecule has 1 aromatic carbocycles. The van der Waals surface area contributed by atoms with Gasteiger partial charge < -0.3 is 9.64 Å². The number of benzene rings is 1. The van der Waals surface area contributed by atoms with Crippen LogP contribution in [-0.2, 0) is 13.8 Å². The van der Waals surface area contributed by atoms with Crippen LogP contribution < -0.4 is 0 Å². The Balaban J connectivity index is 3.28. The monoisotopic (exact) mass is 337 g/mol. The number of halogens is 2. The lowest BCUT2D eigenvalue weighted by Crippen LogP contribution is -2.34. The van der Waals surface area contributed by atoms with Crippen molar-refractivity contribution in [3.63, 3.8) is 0 Å². The molecule has 5 nitrogen and oxygen atoms in total. The molecular formula is C13H17ClFNO4S. The average Bonchev–Trinajstić information content (AvgIpc) is 2.41. The molecule has 0 bridgehead atoms. The van der Waals surface area contributed by atoms with Crippen molar-refractivity contribution in [3.05, 3.63) is 29.1 Å². The van der Waals surface area contributed by atoms with Gasteiger partial charge in [0.05, 0.1) is 17.1 Å².